The van der Waals surface area contributed by atoms with E-state index in [1.54, 1.807) is 0 Å². The summed E-state index contributed by atoms with van der Waals surface area (Å²) in [5.74, 6) is 1.88. The molecule has 4 heteroatoms. The topological polar surface area (TPSA) is 18.5 Å². The summed E-state index contributed by atoms with van der Waals surface area (Å²) in [7, 11) is 0. The lowest BCUT2D eigenvalue weighted by atomic mass is 10.0. The Morgan fingerprint density at radius 1 is 0.364 bits per heavy atom. The summed E-state index contributed by atoms with van der Waals surface area (Å²) in [6, 6.07) is 43.6. The van der Waals surface area contributed by atoms with Crippen LogP contribution in [0.2, 0.25) is 0 Å². The van der Waals surface area contributed by atoms with E-state index < -0.39 is 0 Å². The molecule has 0 unspecified atom stereocenters. The zero-order valence-corrected chi connectivity index (χ0v) is 27.1. The molecular formula is C40H38O2S2. The molecule has 2 heterocycles. The second-order valence-corrected chi connectivity index (χ2v) is 13.1. The van der Waals surface area contributed by atoms with Crippen molar-refractivity contribution in [1.29, 1.82) is 0 Å². The number of thiophene rings is 2. The largest absolute Gasteiger partial charge is 0.494 e. The Labute approximate surface area is 269 Å². The summed E-state index contributed by atoms with van der Waals surface area (Å²) in [6.45, 7) is 5.91. The molecule has 0 fully saturated rings. The smallest absolute Gasteiger partial charge is 0.119 e. The molecule has 0 bridgehead atoms. The molecule has 44 heavy (non-hydrogen) atoms. The van der Waals surface area contributed by atoms with Gasteiger partial charge in [-0.15, -0.1) is 22.7 Å². The van der Waals surface area contributed by atoms with Crippen LogP contribution in [0.25, 0.3) is 52.9 Å². The van der Waals surface area contributed by atoms with E-state index in [1.165, 1.54) is 52.9 Å². The van der Waals surface area contributed by atoms with E-state index >= 15 is 0 Å². The molecule has 4 aromatic carbocycles. The Morgan fingerprint density at radius 3 is 1.00 bits per heavy atom. The van der Waals surface area contributed by atoms with Gasteiger partial charge in [0.25, 0.3) is 0 Å². The number of rotatable bonds is 13. The highest BCUT2D eigenvalue weighted by atomic mass is 32.1. The van der Waals surface area contributed by atoms with Crippen LogP contribution in [0.5, 0.6) is 11.5 Å². The van der Waals surface area contributed by atoms with Crippen LogP contribution in [-0.4, -0.2) is 13.2 Å². The summed E-state index contributed by atoms with van der Waals surface area (Å²) < 4.78 is 11.6. The first kappa shape index (κ1) is 29.9. The van der Waals surface area contributed by atoms with Crippen molar-refractivity contribution in [3.8, 4) is 64.4 Å². The van der Waals surface area contributed by atoms with Crippen molar-refractivity contribution in [2.75, 3.05) is 13.2 Å². The zero-order valence-electron chi connectivity index (χ0n) is 25.4. The van der Waals surface area contributed by atoms with Gasteiger partial charge in [-0.05, 0) is 94.8 Å². The first-order valence-corrected chi connectivity index (χ1v) is 17.2. The van der Waals surface area contributed by atoms with Gasteiger partial charge in [0.2, 0.25) is 0 Å². The minimum atomic E-state index is 0.777. The van der Waals surface area contributed by atoms with E-state index in [2.05, 4.69) is 135 Å². The van der Waals surface area contributed by atoms with Gasteiger partial charge in [-0.3, -0.25) is 0 Å². The Morgan fingerprint density at radius 2 is 0.659 bits per heavy atom. The molecule has 0 atom stereocenters. The molecule has 6 rings (SSSR count). The first-order valence-electron chi connectivity index (χ1n) is 15.6. The van der Waals surface area contributed by atoms with E-state index in [1.807, 2.05) is 22.7 Å². The van der Waals surface area contributed by atoms with Crippen molar-refractivity contribution in [1.82, 2.24) is 0 Å². The standard InChI is InChI=1S/C40H38O2S2/c1-3-5-27-41-35-19-15-31(16-20-35)29-7-11-33(12-8-29)37-23-25-39(43-37)40-26-24-38(44-40)34-13-9-30(10-14-34)32-17-21-36(22-18-32)42-28-6-4-2/h7-26H,3-6,27-28H2,1-2H3. The van der Waals surface area contributed by atoms with E-state index in [4.69, 9.17) is 9.47 Å². The molecule has 0 amide bonds. The van der Waals surface area contributed by atoms with Gasteiger partial charge in [-0.25, -0.2) is 0 Å². The van der Waals surface area contributed by atoms with Gasteiger partial charge in [0, 0.05) is 19.5 Å². The molecule has 0 aliphatic rings. The molecule has 0 N–H and O–H groups in total. The van der Waals surface area contributed by atoms with E-state index in [9.17, 15) is 0 Å². The van der Waals surface area contributed by atoms with Crippen LogP contribution >= 0.6 is 22.7 Å². The fourth-order valence-corrected chi connectivity index (χ4v) is 7.17. The lowest BCUT2D eigenvalue weighted by Gasteiger charge is -2.07. The Balaban J connectivity index is 1.09. The van der Waals surface area contributed by atoms with Gasteiger partial charge in [0.1, 0.15) is 11.5 Å². The summed E-state index contributed by atoms with van der Waals surface area (Å²) in [6.07, 6.45) is 4.46. The van der Waals surface area contributed by atoms with Gasteiger partial charge in [-0.2, -0.15) is 0 Å². The lowest BCUT2D eigenvalue weighted by molar-refractivity contribution is 0.309. The highest BCUT2D eigenvalue weighted by Crippen LogP contribution is 2.41. The summed E-state index contributed by atoms with van der Waals surface area (Å²) in [4.78, 5) is 5.17. The maximum absolute atomic E-state index is 5.81. The van der Waals surface area contributed by atoms with Crippen molar-refractivity contribution in [2.24, 2.45) is 0 Å². The van der Waals surface area contributed by atoms with Crippen molar-refractivity contribution in [2.45, 2.75) is 39.5 Å². The molecule has 2 aromatic heterocycles. The highest BCUT2D eigenvalue weighted by molar-refractivity contribution is 7.25. The van der Waals surface area contributed by atoms with Crippen LogP contribution in [0.3, 0.4) is 0 Å². The normalized spacial score (nSPS) is 11.0. The van der Waals surface area contributed by atoms with Crippen LogP contribution < -0.4 is 9.47 Å². The number of hydrogen-bond donors (Lipinski definition) is 0. The third-order valence-electron chi connectivity index (χ3n) is 7.70. The van der Waals surface area contributed by atoms with Crippen LogP contribution in [0.15, 0.2) is 121 Å². The van der Waals surface area contributed by atoms with Crippen molar-refractivity contribution < 1.29 is 9.47 Å². The van der Waals surface area contributed by atoms with Gasteiger partial charge in [0.05, 0.1) is 13.2 Å². The predicted molar refractivity (Wildman–Crippen MR) is 190 cm³/mol. The maximum Gasteiger partial charge on any atom is 0.119 e. The minimum Gasteiger partial charge on any atom is -0.494 e. The number of unbranched alkanes of at least 4 members (excludes halogenated alkanes) is 2. The van der Waals surface area contributed by atoms with E-state index in [-0.39, 0.29) is 0 Å². The van der Waals surface area contributed by atoms with Crippen LogP contribution in [0.4, 0.5) is 0 Å². The van der Waals surface area contributed by atoms with Gasteiger partial charge in [0.15, 0.2) is 0 Å². The van der Waals surface area contributed by atoms with Gasteiger partial charge in [-0.1, -0.05) is 99.5 Å². The lowest BCUT2D eigenvalue weighted by Crippen LogP contribution is -1.95. The van der Waals surface area contributed by atoms with Gasteiger partial charge >= 0.3 is 0 Å². The summed E-state index contributed by atoms with van der Waals surface area (Å²) in [5, 5.41) is 0. The number of benzene rings is 4. The van der Waals surface area contributed by atoms with E-state index in [0.717, 1.165) is 50.4 Å². The third kappa shape index (κ3) is 7.32. The van der Waals surface area contributed by atoms with Crippen molar-refractivity contribution >= 4 is 22.7 Å². The molecule has 2 nitrogen and oxygen atoms in total. The molecule has 0 saturated carbocycles. The quantitative estimate of drug-likeness (QED) is 0.121. The van der Waals surface area contributed by atoms with Crippen LogP contribution in [-0.2, 0) is 0 Å². The SMILES string of the molecule is CCCCOc1ccc(-c2ccc(-c3ccc(-c4ccc(-c5ccc(-c6ccc(OCCCC)cc6)cc5)s4)s3)cc2)cc1. The number of hydrogen-bond acceptors (Lipinski definition) is 4. The van der Waals surface area contributed by atoms with Crippen molar-refractivity contribution in [3.63, 3.8) is 0 Å². The minimum absolute atomic E-state index is 0.777. The van der Waals surface area contributed by atoms with Crippen molar-refractivity contribution in [3.05, 3.63) is 121 Å². The second kappa shape index (κ2) is 14.6. The molecule has 0 spiro atoms. The molecule has 222 valence electrons. The Bertz CT molecular complexity index is 1610. The second-order valence-electron chi connectivity index (χ2n) is 10.9. The average Bonchev–Trinajstić information content (AvgIpc) is 3.77. The molecule has 0 saturated heterocycles. The average molecular weight is 615 g/mol. The maximum atomic E-state index is 5.81. The number of ether oxygens (including phenoxy) is 2. The molecular weight excluding hydrogens is 577 g/mol. The first-order chi connectivity index (χ1) is 21.7. The zero-order chi connectivity index (χ0) is 30.1. The predicted octanol–water partition coefficient (Wildman–Crippen LogP) is 12.5. The summed E-state index contributed by atoms with van der Waals surface area (Å²) >= 11 is 3.70. The third-order valence-corrected chi connectivity index (χ3v) is 10.2. The molecule has 0 aliphatic heterocycles. The molecule has 6 aromatic rings. The Kier molecular flexibility index (Phi) is 9.91. The fourth-order valence-electron chi connectivity index (χ4n) is 5.06. The summed E-state index contributed by atoms with van der Waals surface area (Å²) in [5.41, 5.74) is 7.34. The van der Waals surface area contributed by atoms with Gasteiger partial charge < -0.3 is 9.47 Å². The fraction of sp³-hybridized carbons (Fsp3) is 0.200. The molecule has 0 aliphatic carbocycles. The van der Waals surface area contributed by atoms with Crippen LogP contribution in [0.1, 0.15) is 39.5 Å². The van der Waals surface area contributed by atoms with Crippen LogP contribution in [0, 0.1) is 0 Å². The Hall–Kier alpha value is -4.12. The van der Waals surface area contributed by atoms with E-state index in [0.29, 0.717) is 0 Å². The monoisotopic (exact) mass is 614 g/mol. The highest BCUT2D eigenvalue weighted by Gasteiger charge is 2.10. The molecule has 0 radical (unpaired) electrons.